The molecule has 0 aliphatic heterocycles. The average molecular weight is 260 g/mol. The molecular weight excluding hydrogens is 246 g/mol. The minimum absolute atomic E-state index is 0.0976. The fourth-order valence-electron chi connectivity index (χ4n) is 1.91. The molecule has 0 aromatic carbocycles. The minimum Gasteiger partial charge on any atom is -0.378 e. The van der Waals surface area contributed by atoms with E-state index in [-0.39, 0.29) is 29.2 Å². The molecule has 1 fully saturated rings. The molecule has 0 N–H and O–H groups in total. The van der Waals surface area contributed by atoms with Crippen LogP contribution in [0.3, 0.4) is 0 Å². The molecule has 0 bridgehead atoms. The van der Waals surface area contributed by atoms with Gasteiger partial charge in [0.05, 0.1) is 17.6 Å². The summed E-state index contributed by atoms with van der Waals surface area (Å²) in [6.45, 7) is 2.08. The van der Waals surface area contributed by atoms with Gasteiger partial charge in [0.2, 0.25) is 5.15 Å². The molecular formula is C10H14ClN3O3. The maximum absolute atomic E-state index is 11.0. The highest BCUT2D eigenvalue weighted by Crippen LogP contribution is 2.42. The first-order chi connectivity index (χ1) is 8.06. The Labute approximate surface area is 104 Å². The minimum atomic E-state index is -0.500. The van der Waals surface area contributed by atoms with Crippen molar-refractivity contribution in [1.82, 2.24) is 9.78 Å². The van der Waals surface area contributed by atoms with Crippen LogP contribution in [-0.4, -0.2) is 21.8 Å². The smallest absolute Gasteiger partial charge is 0.331 e. The quantitative estimate of drug-likeness (QED) is 0.602. The largest absolute Gasteiger partial charge is 0.378 e. The van der Waals surface area contributed by atoms with E-state index in [1.807, 2.05) is 6.92 Å². The summed E-state index contributed by atoms with van der Waals surface area (Å²) >= 11 is 6.03. The van der Waals surface area contributed by atoms with E-state index in [4.69, 9.17) is 16.3 Å². The van der Waals surface area contributed by atoms with Gasteiger partial charge in [0, 0.05) is 7.11 Å². The molecule has 0 amide bonds. The van der Waals surface area contributed by atoms with E-state index < -0.39 is 4.92 Å². The van der Waals surface area contributed by atoms with Gasteiger partial charge in [-0.05, 0) is 25.7 Å². The van der Waals surface area contributed by atoms with Crippen molar-refractivity contribution in [2.45, 2.75) is 32.4 Å². The van der Waals surface area contributed by atoms with Gasteiger partial charge in [-0.15, -0.1) is 0 Å². The lowest BCUT2D eigenvalue weighted by atomic mass is 10.2. The molecule has 1 saturated carbocycles. The van der Waals surface area contributed by atoms with E-state index in [1.165, 1.54) is 7.11 Å². The molecule has 1 heterocycles. The molecule has 1 aliphatic rings. The number of hydrogen-bond acceptors (Lipinski definition) is 4. The van der Waals surface area contributed by atoms with E-state index in [0.29, 0.717) is 5.92 Å². The van der Waals surface area contributed by atoms with Crippen LogP contribution in [0.1, 0.15) is 31.5 Å². The predicted molar refractivity (Wildman–Crippen MR) is 62.0 cm³/mol. The van der Waals surface area contributed by atoms with Crippen LogP contribution in [0.2, 0.25) is 5.15 Å². The summed E-state index contributed by atoms with van der Waals surface area (Å²) in [5.74, 6) is 0.530. The van der Waals surface area contributed by atoms with Gasteiger partial charge in [-0.25, -0.2) is 4.68 Å². The zero-order valence-corrected chi connectivity index (χ0v) is 10.5. The lowest BCUT2D eigenvalue weighted by Crippen LogP contribution is -2.09. The van der Waals surface area contributed by atoms with E-state index >= 15 is 0 Å². The van der Waals surface area contributed by atoms with Gasteiger partial charge in [-0.3, -0.25) is 10.1 Å². The van der Waals surface area contributed by atoms with Gasteiger partial charge in [-0.1, -0.05) is 11.6 Å². The Morgan fingerprint density at radius 3 is 2.82 bits per heavy atom. The monoisotopic (exact) mass is 259 g/mol. The van der Waals surface area contributed by atoms with Gasteiger partial charge in [0.15, 0.2) is 5.69 Å². The summed E-state index contributed by atoms with van der Waals surface area (Å²) in [4.78, 5) is 10.5. The third-order valence-corrected chi connectivity index (χ3v) is 3.40. The highest BCUT2D eigenvalue weighted by Gasteiger charge is 2.35. The highest BCUT2D eigenvalue weighted by atomic mass is 35.5. The number of nitrogens with zero attached hydrogens (tertiary/aromatic N) is 3. The van der Waals surface area contributed by atoms with Gasteiger partial charge in [0.25, 0.3) is 0 Å². The fourth-order valence-corrected chi connectivity index (χ4v) is 2.28. The number of hydrogen-bond donors (Lipinski definition) is 0. The van der Waals surface area contributed by atoms with E-state index in [2.05, 4.69) is 5.10 Å². The molecule has 0 radical (unpaired) electrons. The SMILES string of the molecule is COCc1nn(C(C)C2CC2)c(Cl)c1[N+](=O)[O-]. The molecule has 1 aromatic rings. The van der Waals surface area contributed by atoms with E-state index in [9.17, 15) is 10.1 Å². The zero-order chi connectivity index (χ0) is 12.6. The van der Waals surface area contributed by atoms with E-state index in [0.717, 1.165) is 12.8 Å². The van der Waals surface area contributed by atoms with Crippen molar-refractivity contribution in [2.24, 2.45) is 5.92 Å². The average Bonchev–Trinajstić information content (AvgIpc) is 3.03. The standard InChI is InChI=1S/C10H14ClN3O3/c1-6(7-3-4-7)13-10(11)9(14(15)16)8(12-13)5-17-2/h6-7H,3-5H2,1-2H3. The molecule has 1 unspecified atom stereocenters. The number of methoxy groups -OCH3 is 1. The molecule has 94 valence electrons. The van der Waals surface area contributed by atoms with Crippen molar-refractivity contribution in [3.05, 3.63) is 21.0 Å². The summed E-state index contributed by atoms with van der Waals surface area (Å²) in [6.07, 6.45) is 2.26. The van der Waals surface area contributed by atoms with Crippen molar-refractivity contribution in [3.63, 3.8) is 0 Å². The maximum Gasteiger partial charge on any atom is 0.331 e. The van der Waals surface area contributed by atoms with Crippen molar-refractivity contribution >= 4 is 17.3 Å². The normalized spacial score (nSPS) is 17.1. The second-order valence-corrected chi connectivity index (χ2v) is 4.66. The van der Waals surface area contributed by atoms with Crippen LogP contribution in [0.4, 0.5) is 5.69 Å². The summed E-state index contributed by atoms with van der Waals surface area (Å²) < 4.78 is 6.45. The third kappa shape index (κ3) is 2.28. The number of rotatable bonds is 5. The molecule has 1 aliphatic carbocycles. The van der Waals surface area contributed by atoms with Gasteiger partial charge in [-0.2, -0.15) is 5.10 Å². The van der Waals surface area contributed by atoms with Gasteiger partial charge in [0.1, 0.15) is 0 Å². The number of halogens is 1. The molecule has 17 heavy (non-hydrogen) atoms. The molecule has 0 spiro atoms. The lowest BCUT2D eigenvalue weighted by Gasteiger charge is -2.10. The topological polar surface area (TPSA) is 70.2 Å². The number of ether oxygens (including phenoxy) is 1. The lowest BCUT2D eigenvalue weighted by molar-refractivity contribution is -0.385. The Hall–Kier alpha value is -1.14. The van der Waals surface area contributed by atoms with Crippen molar-refractivity contribution < 1.29 is 9.66 Å². The molecule has 0 saturated heterocycles. The Bertz CT molecular complexity index is 442. The van der Waals surface area contributed by atoms with Crippen LogP contribution in [0.5, 0.6) is 0 Å². The predicted octanol–water partition coefficient (Wildman–Crippen LogP) is 2.56. The first-order valence-corrected chi connectivity index (χ1v) is 5.84. The second-order valence-electron chi connectivity index (χ2n) is 4.30. The van der Waals surface area contributed by atoms with Crippen LogP contribution in [-0.2, 0) is 11.3 Å². The maximum atomic E-state index is 11.0. The Balaban J connectivity index is 2.39. The molecule has 7 heteroatoms. The number of aromatic nitrogens is 2. The van der Waals surface area contributed by atoms with Gasteiger partial charge < -0.3 is 4.74 Å². The first kappa shape index (κ1) is 12.3. The second kappa shape index (κ2) is 4.62. The van der Waals surface area contributed by atoms with Crippen LogP contribution in [0.15, 0.2) is 0 Å². The molecule has 1 aromatic heterocycles. The molecule has 1 atom stereocenters. The molecule has 2 rings (SSSR count). The van der Waals surface area contributed by atoms with Crippen molar-refractivity contribution in [3.8, 4) is 0 Å². The number of nitro groups is 1. The Kier molecular flexibility index (Phi) is 3.35. The molecule has 6 nitrogen and oxygen atoms in total. The third-order valence-electron chi connectivity index (χ3n) is 3.05. The van der Waals surface area contributed by atoms with Crippen LogP contribution in [0, 0.1) is 16.0 Å². The van der Waals surface area contributed by atoms with Crippen LogP contribution in [0.25, 0.3) is 0 Å². The van der Waals surface area contributed by atoms with Crippen LogP contribution >= 0.6 is 11.6 Å². The summed E-state index contributed by atoms with van der Waals surface area (Å²) in [5.41, 5.74) is 0.149. The first-order valence-electron chi connectivity index (χ1n) is 5.46. The van der Waals surface area contributed by atoms with Crippen LogP contribution < -0.4 is 0 Å². The van der Waals surface area contributed by atoms with Gasteiger partial charge >= 0.3 is 5.69 Å². The summed E-state index contributed by atoms with van der Waals surface area (Å²) in [6, 6.07) is 0.104. The van der Waals surface area contributed by atoms with Crippen molar-refractivity contribution in [2.75, 3.05) is 7.11 Å². The zero-order valence-electron chi connectivity index (χ0n) is 9.72. The van der Waals surface area contributed by atoms with Crippen molar-refractivity contribution in [1.29, 1.82) is 0 Å². The Morgan fingerprint density at radius 2 is 2.35 bits per heavy atom. The highest BCUT2D eigenvalue weighted by molar-refractivity contribution is 6.31. The summed E-state index contributed by atoms with van der Waals surface area (Å²) in [7, 11) is 1.47. The Morgan fingerprint density at radius 1 is 1.71 bits per heavy atom. The van der Waals surface area contributed by atoms with E-state index in [1.54, 1.807) is 4.68 Å². The summed E-state index contributed by atoms with van der Waals surface area (Å²) in [5, 5.41) is 15.2. The fraction of sp³-hybridized carbons (Fsp3) is 0.700.